The van der Waals surface area contributed by atoms with Crippen LogP contribution in [-0.2, 0) is 11.4 Å². The van der Waals surface area contributed by atoms with Crippen molar-refractivity contribution in [2.45, 2.75) is 13.5 Å². The smallest absolute Gasteiger partial charge is 0.257 e. The van der Waals surface area contributed by atoms with Gasteiger partial charge in [0.05, 0.1) is 6.61 Å². The number of nitrogens with one attached hydrogen (secondary N) is 1. The normalized spacial score (nSPS) is 9.94. The monoisotopic (exact) mass is 243 g/mol. The molecule has 88 valence electrons. The Hall–Kier alpha value is -1.26. The first-order valence-corrected chi connectivity index (χ1v) is 5.34. The summed E-state index contributed by atoms with van der Waals surface area (Å²) in [6.07, 6.45) is 0. The van der Waals surface area contributed by atoms with Crippen LogP contribution in [0.15, 0.2) is 18.2 Å². The maximum Gasteiger partial charge on any atom is 0.257 e. The Morgan fingerprint density at radius 1 is 1.56 bits per heavy atom. The van der Waals surface area contributed by atoms with E-state index in [4.69, 9.17) is 21.4 Å². The van der Waals surface area contributed by atoms with Gasteiger partial charge < -0.3 is 15.2 Å². The molecule has 0 heterocycles. The van der Waals surface area contributed by atoms with Gasteiger partial charge in [0.2, 0.25) is 0 Å². The molecule has 2 N–H and O–H groups in total. The van der Waals surface area contributed by atoms with Gasteiger partial charge >= 0.3 is 0 Å². The van der Waals surface area contributed by atoms with Crippen molar-refractivity contribution in [3.8, 4) is 5.75 Å². The van der Waals surface area contributed by atoms with Gasteiger partial charge in [-0.05, 0) is 19.1 Å². The van der Waals surface area contributed by atoms with E-state index in [0.717, 1.165) is 0 Å². The Morgan fingerprint density at radius 3 is 2.94 bits per heavy atom. The largest absolute Gasteiger partial charge is 0.483 e. The minimum Gasteiger partial charge on any atom is -0.483 e. The highest BCUT2D eigenvalue weighted by atomic mass is 35.5. The number of rotatable bonds is 5. The lowest BCUT2D eigenvalue weighted by atomic mass is 10.2. The van der Waals surface area contributed by atoms with Gasteiger partial charge in [-0.3, -0.25) is 4.79 Å². The summed E-state index contributed by atoms with van der Waals surface area (Å²) < 4.78 is 5.27. The predicted molar refractivity (Wildman–Crippen MR) is 61.6 cm³/mol. The summed E-state index contributed by atoms with van der Waals surface area (Å²) in [4.78, 5) is 11.2. The number of benzene rings is 1. The van der Waals surface area contributed by atoms with Crippen molar-refractivity contribution >= 4 is 17.5 Å². The lowest BCUT2D eigenvalue weighted by molar-refractivity contribution is -0.123. The molecule has 0 aliphatic heterocycles. The van der Waals surface area contributed by atoms with Crippen LogP contribution < -0.4 is 10.1 Å². The molecule has 5 heteroatoms. The van der Waals surface area contributed by atoms with E-state index < -0.39 is 0 Å². The van der Waals surface area contributed by atoms with Crippen LogP contribution in [0.1, 0.15) is 12.5 Å². The molecule has 0 saturated heterocycles. The zero-order chi connectivity index (χ0) is 12.0. The third-order valence-electron chi connectivity index (χ3n) is 1.97. The van der Waals surface area contributed by atoms with Gasteiger partial charge in [0.25, 0.3) is 5.91 Å². The van der Waals surface area contributed by atoms with Crippen molar-refractivity contribution in [3.05, 3.63) is 28.8 Å². The van der Waals surface area contributed by atoms with Gasteiger partial charge in [0, 0.05) is 17.1 Å². The molecule has 0 aromatic heterocycles. The topological polar surface area (TPSA) is 58.6 Å². The highest BCUT2D eigenvalue weighted by Crippen LogP contribution is 2.26. The molecule has 0 aliphatic carbocycles. The highest BCUT2D eigenvalue weighted by Gasteiger charge is 2.08. The van der Waals surface area contributed by atoms with Gasteiger partial charge in [-0.15, -0.1) is 0 Å². The fourth-order valence-corrected chi connectivity index (χ4v) is 1.44. The van der Waals surface area contributed by atoms with Crippen molar-refractivity contribution in [2.75, 3.05) is 13.2 Å². The quantitative estimate of drug-likeness (QED) is 0.821. The Bertz CT molecular complexity index is 368. The fraction of sp³-hybridized carbons (Fsp3) is 0.364. The van der Waals surface area contributed by atoms with Crippen LogP contribution in [0, 0.1) is 0 Å². The highest BCUT2D eigenvalue weighted by molar-refractivity contribution is 6.31. The van der Waals surface area contributed by atoms with Gasteiger partial charge in [-0.2, -0.15) is 0 Å². The minimum atomic E-state index is -0.218. The molecule has 1 amide bonds. The number of carbonyl (C=O) groups excluding carboxylic acids is 1. The number of likely N-dealkylation sites (N-methyl/N-ethyl adjacent to an activating group) is 1. The first-order chi connectivity index (χ1) is 7.69. The first-order valence-electron chi connectivity index (χ1n) is 4.96. The van der Waals surface area contributed by atoms with Crippen molar-refractivity contribution in [1.29, 1.82) is 0 Å². The van der Waals surface area contributed by atoms with Crippen LogP contribution in [0.2, 0.25) is 5.02 Å². The van der Waals surface area contributed by atoms with E-state index in [2.05, 4.69) is 5.32 Å². The average Bonchev–Trinajstić information content (AvgIpc) is 2.27. The second-order valence-electron chi connectivity index (χ2n) is 3.12. The van der Waals surface area contributed by atoms with Crippen molar-refractivity contribution in [3.63, 3.8) is 0 Å². The zero-order valence-electron chi connectivity index (χ0n) is 9.00. The van der Waals surface area contributed by atoms with Crippen LogP contribution in [0.25, 0.3) is 0 Å². The fourth-order valence-electron chi connectivity index (χ4n) is 1.22. The third-order valence-corrected chi connectivity index (χ3v) is 2.32. The molecule has 1 rings (SSSR count). The Kier molecular flexibility index (Phi) is 5.08. The Morgan fingerprint density at radius 2 is 2.31 bits per heavy atom. The molecule has 1 aromatic carbocycles. The van der Waals surface area contributed by atoms with Gasteiger partial charge in [-0.25, -0.2) is 0 Å². The second-order valence-corrected chi connectivity index (χ2v) is 3.52. The lowest BCUT2D eigenvalue weighted by Crippen LogP contribution is -2.28. The number of aliphatic hydroxyl groups is 1. The SMILES string of the molecule is CCNC(=O)COc1cccc(Cl)c1CO. The zero-order valence-corrected chi connectivity index (χ0v) is 9.75. The van der Waals surface area contributed by atoms with Crippen LogP contribution in [0.5, 0.6) is 5.75 Å². The molecule has 0 atom stereocenters. The molecular weight excluding hydrogens is 230 g/mol. The number of ether oxygens (including phenoxy) is 1. The van der Waals surface area contributed by atoms with Gasteiger partial charge in [-0.1, -0.05) is 17.7 Å². The molecule has 0 radical (unpaired) electrons. The predicted octanol–water partition coefficient (Wildman–Crippen LogP) is 1.35. The number of amides is 1. The van der Waals surface area contributed by atoms with E-state index >= 15 is 0 Å². The lowest BCUT2D eigenvalue weighted by Gasteiger charge is -2.10. The van der Waals surface area contributed by atoms with E-state index in [9.17, 15) is 4.79 Å². The standard InChI is InChI=1S/C11H14ClNO3/c1-2-13-11(15)7-16-10-5-3-4-9(12)8(10)6-14/h3-5,14H,2,6-7H2,1H3,(H,13,15). The molecule has 1 aromatic rings. The number of aliphatic hydroxyl groups excluding tert-OH is 1. The van der Waals surface area contributed by atoms with E-state index in [1.807, 2.05) is 6.92 Å². The Labute approximate surface area is 99.2 Å². The maximum atomic E-state index is 11.2. The van der Waals surface area contributed by atoms with Crippen molar-refractivity contribution in [1.82, 2.24) is 5.32 Å². The van der Waals surface area contributed by atoms with E-state index in [-0.39, 0.29) is 19.1 Å². The molecule has 0 fully saturated rings. The van der Waals surface area contributed by atoms with Crippen LogP contribution in [0.3, 0.4) is 0 Å². The number of hydrogen-bond donors (Lipinski definition) is 2. The first kappa shape index (κ1) is 12.8. The third kappa shape index (κ3) is 3.40. The van der Waals surface area contributed by atoms with E-state index in [1.165, 1.54) is 0 Å². The van der Waals surface area contributed by atoms with Crippen LogP contribution in [-0.4, -0.2) is 24.2 Å². The number of hydrogen-bond acceptors (Lipinski definition) is 3. The molecule has 0 aliphatic rings. The number of halogens is 1. The second kappa shape index (κ2) is 6.35. The summed E-state index contributed by atoms with van der Waals surface area (Å²) in [6.45, 7) is 2.09. The van der Waals surface area contributed by atoms with Crippen LogP contribution in [0.4, 0.5) is 0 Å². The molecule has 16 heavy (non-hydrogen) atoms. The molecule has 0 spiro atoms. The van der Waals surface area contributed by atoms with E-state index in [0.29, 0.717) is 22.9 Å². The summed E-state index contributed by atoms with van der Waals surface area (Å²) in [5.74, 6) is 0.229. The summed E-state index contributed by atoms with van der Waals surface area (Å²) in [5, 5.41) is 12.1. The molecule has 4 nitrogen and oxygen atoms in total. The van der Waals surface area contributed by atoms with Crippen LogP contribution >= 0.6 is 11.6 Å². The van der Waals surface area contributed by atoms with Crippen molar-refractivity contribution in [2.24, 2.45) is 0 Å². The minimum absolute atomic E-state index is 0.0822. The number of carbonyl (C=O) groups is 1. The summed E-state index contributed by atoms with van der Waals surface area (Å²) in [5.41, 5.74) is 0.494. The molecular formula is C11H14ClNO3. The summed E-state index contributed by atoms with van der Waals surface area (Å²) in [7, 11) is 0. The van der Waals surface area contributed by atoms with Gasteiger partial charge in [0.15, 0.2) is 6.61 Å². The molecule has 0 bridgehead atoms. The molecule has 0 saturated carbocycles. The summed E-state index contributed by atoms with van der Waals surface area (Å²) >= 11 is 5.87. The maximum absolute atomic E-state index is 11.2. The van der Waals surface area contributed by atoms with E-state index in [1.54, 1.807) is 18.2 Å². The summed E-state index contributed by atoms with van der Waals surface area (Å²) in [6, 6.07) is 5.03. The van der Waals surface area contributed by atoms with Gasteiger partial charge in [0.1, 0.15) is 5.75 Å². The molecule has 0 unspecified atom stereocenters. The Balaban J connectivity index is 2.66. The average molecular weight is 244 g/mol. The van der Waals surface area contributed by atoms with Crippen molar-refractivity contribution < 1.29 is 14.6 Å².